The van der Waals surface area contributed by atoms with E-state index in [0.29, 0.717) is 0 Å². The summed E-state index contributed by atoms with van der Waals surface area (Å²) in [5.41, 5.74) is 1.39. The first-order chi connectivity index (χ1) is 6.86. The highest BCUT2D eigenvalue weighted by Crippen LogP contribution is 2.32. The molecule has 0 nitrogen and oxygen atoms in total. The third-order valence-electron chi connectivity index (χ3n) is 2.65. The third kappa shape index (κ3) is 0.992. The summed E-state index contributed by atoms with van der Waals surface area (Å²) in [6.45, 7) is 2.19. The van der Waals surface area contributed by atoms with E-state index in [-0.39, 0.29) is 0 Å². The minimum atomic E-state index is 1.33. The monoisotopic (exact) mass is 198 g/mol. The number of rotatable bonds is 0. The van der Waals surface area contributed by atoms with Crippen molar-refractivity contribution in [3.05, 3.63) is 47.3 Å². The van der Waals surface area contributed by atoms with E-state index in [9.17, 15) is 0 Å². The molecule has 0 amide bonds. The molecule has 1 heterocycles. The molecule has 0 saturated carbocycles. The van der Waals surface area contributed by atoms with Crippen LogP contribution in [0.15, 0.2) is 41.8 Å². The zero-order chi connectivity index (χ0) is 9.54. The number of hydrogen-bond acceptors (Lipinski definition) is 1. The van der Waals surface area contributed by atoms with Crippen LogP contribution in [0.5, 0.6) is 0 Å². The van der Waals surface area contributed by atoms with Gasteiger partial charge >= 0.3 is 0 Å². The molecule has 0 unspecified atom stereocenters. The quantitative estimate of drug-likeness (QED) is 0.503. The van der Waals surface area contributed by atoms with Crippen LogP contribution in [0.4, 0.5) is 0 Å². The molecule has 0 atom stereocenters. The summed E-state index contributed by atoms with van der Waals surface area (Å²) in [6, 6.07) is 13.0. The average Bonchev–Trinajstić information content (AvgIpc) is 2.61. The SMILES string of the molecule is Cc1csc2ccc3ccccc3c12. The van der Waals surface area contributed by atoms with E-state index in [1.54, 1.807) is 0 Å². The van der Waals surface area contributed by atoms with E-state index in [1.807, 2.05) is 11.3 Å². The Labute approximate surface area is 86.8 Å². The van der Waals surface area contributed by atoms with E-state index >= 15 is 0 Å². The molecular weight excluding hydrogens is 188 g/mol. The summed E-state index contributed by atoms with van der Waals surface area (Å²) >= 11 is 1.83. The fourth-order valence-electron chi connectivity index (χ4n) is 1.97. The zero-order valence-corrected chi connectivity index (χ0v) is 8.77. The summed E-state index contributed by atoms with van der Waals surface area (Å²) in [4.78, 5) is 0. The van der Waals surface area contributed by atoms with Crippen molar-refractivity contribution in [2.24, 2.45) is 0 Å². The van der Waals surface area contributed by atoms with Gasteiger partial charge in [0.1, 0.15) is 0 Å². The van der Waals surface area contributed by atoms with Crippen LogP contribution >= 0.6 is 11.3 Å². The summed E-state index contributed by atoms with van der Waals surface area (Å²) in [6.07, 6.45) is 0. The van der Waals surface area contributed by atoms with Crippen LogP contribution in [0, 0.1) is 6.92 Å². The van der Waals surface area contributed by atoms with Crippen LogP contribution in [0.1, 0.15) is 5.56 Å². The third-order valence-corrected chi connectivity index (χ3v) is 3.71. The van der Waals surface area contributed by atoms with E-state index in [2.05, 4.69) is 48.7 Å². The van der Waals surface area contributed by atoms with Gasteiger partial charge in [0.25, 0.3) is 0 Å². The molecule has 1 aromatic heterocycles. The van der Waals surface area contributed by atoms with E-state index in [0.717, 1.165) is 0 Å². The van der Waals surface area contributed by atoms with Crippen molar-refractivity contribution in [1.82, 2.24) is 0 Å². The molecule has 0 aliphatic heterocycles. The molecule has 0 bridgehead atoms. The largest absolute Gasteiger partial charge is 0.144 e. The molecule has 0 saturated heterocycles. The fraction of sp³-hybridized carbons (Fsp3) is 0.0769. The molecule has 2 aromatic carbocycles. The predicted octanol–water partition coefficient (Wildman–Crippen LogP) is 4.36. The van der Waals surface area contributed by atoms with Gasteiger partial charge in [0.2, 0.25) is 0 Å². The number of hydrogen-bond donors (Lipinski definition) is 0. The van der Waals surface area contributed by atoms with E-state index in [1.165, 1.54) is 26.4 Å². The molecule has 3 aromatic rings. The second kappa shape index (κ2) is 2.82. The second-order valence-corrected chi connectivity index (χ2v) is 4.49. The van der Waals surface area contributed by atoms with E-state index < -0.39 is 0 Å². The molecule has 0 radical (unpaired) electrons. The Hall–Kier alpha value is -1.34. The number of fused-ring (bicyclic) bond motifs is 3. The van der Waals surface area contributed by atoms with Gasteiger partial charge in [0.15, 0.2) is 0 Å². The van der Waals surface area contributed by atoms with Gasteiger partial charge in [0, 0.05) is 10.1 Å². The molecule has 3 rings (SSSR count). The van der Waals surface area contributed by atoms with Crippen molar-refractivity contribution in [2.75, 3.05) is 0 Å². The van der Waals surface area contributed by atoms with Gasteiger partial charge < -0.3 is 0 Å². The van der Waals surface area contributed by atoms with Gasteiger partial charge in [-0.2, -0.15) is 0 Å². The highest BCUT2D eigenvalue weighted by molar-refractivity contribution is 7.17. The van der Waals surface area contributed by atoms with Crippen LogP contribution < -0.4 is 0 Å². The molecule has 0 N–H and O–H groups in total. The predicted molar refractivity (Wildman–Crippen MR) is 64.1 cm³/mol. The van der Waals surface area contributed by atoms with Crippen molar-refractivity contribution in [3.63, 3.8) is 0 Å². The molecule has 0 spiro atoms. The van der Waals surface area contributed by atoms with Gasteiger partial charge in [-0.05, 0) is 34.7 Å². The lowest BCUT2D eigenvalue weighted by Crippen LogP contribution is -1.74. The van der Waals surface area contributed by atoms with Gasteiger partial charge in [-0.15, -0.1) is 11.3 Å². The first kappa shape index (κ1) is 8.01. The summed E-state index contributed by atoms with van der Waals surface area (Å²) in [5, 5.41) is 6.37. The summed E-state index contributed by atoms with van der Waals surface area (Å²) in [7, 11) is 0. The Kier molecular flexibility index (Phi) is 1.62. The first-order valence-corrected chi connectivity index (χ1v) is 5.60. The topological polar surface area (TPSA) is 0 Å². The maximum absolute atomic E-state index is 2.23. The van der Waals surface area contributed by atoms with Gasteiger partial charge in [0.05, 0.1) is 0 Å². The summed E-state index contributed by atoms with van der Waals surface area (Å²) in [5.74, 6) is 0. The fourth-order valence-corrected chi connectivity index (χ4v) is 2.92. The van der Waals surface area contributed by atoms with Crippen molar-refractivity contribution in [1.29, 1.82) is 0 Å². The Balaban J connectivity index is 2.65. The van der Waals surface area contributed by atoms with Gasteiger partial charge in [-0.25, -0.2) is 0 Å². The normalized spacial score (nSPS) is 11.2. The lowest BCUT2D eigenvalue weighted by Gasteiger charge is -1.99. The molecule has 68 valence electrons. The number of benzene rings is 2. The maximum Gasteiger partial charge on any atom is 0.0351 e. The van der Waals surface area contributed by atoms with Crippen molar-refractivity contribution < 1.29 is 0 Å². The molecule has 0 aliphatic rings. The minimum absolute atomic E-state index is 1.33. The van der Waals surface area contributed by atoms with E-state index in [4.69, 9.17) is 0 Å². The minimum Gasteiger partial charge on any atom is -0.144 e. The molecule has 14 heavy (non-hydrogen) atoms. The Morgan fingerprint density at radius 3 is 2.79 bits per heavy atom. The van der Waals surface area contributed by atoms with Crippen molar-refractivity contribution >= 4 is 32.2 Å². The first-order valence-electron chi connectivity index (χ1n) is 4.72. The molecule has 1 heteroatoms. The average molecular weight is 198 g/mol. The van der Waals surface area contributed by atoms with Crippen LogP contribution in [0.25, 0.3) is 20.9 Å². The molecule has 0 aliphatic carbocycles. The Morgan fingerprint density at radius 2 is 1.86 bits per heavy atom. The van der Waals surface area contributed by atoms with Gasteiger partial charge in [-0.1, -0.05) is 30.3 Å². The maximum atomic E-state index is 2.23. The smallest absolute Gasteiger partial charge is 0.0351 e. The van der Waals surface area contributed by atoms with Gasteiger partial charge in [-0.3, -0.25) is 0 Å². The molecular formula is C13H10S. The lowest BCUT2D eigenvalue weighted by atomic mass is 10.0. The Morgan fingerprint density at radius 1 is 1.00 bits per heavy atom. The highest BCUT2D eigenvalue weighted by atomic mass is 32.1. The Bertz CT molecular complexity index is 605. The molecule has 0 fully saturated rings. The van der Waals surface area contributed by atoms with Crippen LogP contribution in [-0.4, -0.2) is 0 Å². The van der Waals surface area contributed by atoms with Crippen LogP contribution in [0.2, 0.25) is 0 Å². The number of thiophene rings is 1. The zero-order valence-electron chi connectivity index (χ0n) is 7.95. The van der Waals surface area contributed by atoms with Crippen molar-refractivity contribution in [2.45, 2.75) is 6.92 Å². The standard InChI is InChI=1S/C13H10S/c1-9-8-14-12-7-6-10-4-2-3-5-11(10)13(9)12/h2-8H,1H3. The summed E-state index contributed by atoms with van der Waals surface area (Å²) < 4.78 is 1.39. The number of aryl methyl sites for hydroxylation is 1. The van der Waals surface area contributed by atoms with Crippen LogP contribution in [0.3, 0.4) is 0 Å². The van der Waals surface area contributed by atoms with Crippen molar-refractivity contribution in [3.8, 4) is 0 Å². The second-order valence-electron chi connectivity index (χ2n) is 3.58. The highest BCUT2D eigenvalue weighted by Gasteiger charge is 2.03. The van der Waals surface area contributed by atoms with Crippen LogP contribution in [-0.2, 0) is 0 Å². The lowest BCUT2D eigenvalue weighted by molar-refractivity contribution is 1.61.